The second kappa shape index (κ2) is 9.90. The highest BCUT2D eigenvalue weighted by atomic mass is 19.1. The van der Waals surface area contributed by atoms with Gasteiger partial charge in [-0.2, -0.15) is 0 Å². The molecule has 1 aromatic carbocycles. The molecule has 2 aromatic rings. The minimum Gasteiger partial charge on any atom is -0.357 e. The first kappa shape index (κ1) is 19.1. The lowest BCUT2D eigenvalue weighted by molar-refractivity contribution is 0.371. The van der Waals surface area contributed by atoms with Gasteiger partial charge >= 0.3 is 0 Å². The highest BCUT2D eigenvalue weighted by Crippen LogP contribution is 2.12. The SMILES string of the molecule is CCNC(=NCCCc1cccc(F)c1)N1CCN(c2ccccn2)CC1. The molecule has 1 aliphatic heterocycles. The second-order valence-corrected chi connectivity index (χ2v) is 6.63. The van der Waals surface area contributed by atoms with Crippen molar-refractivity contribution >= 4 is 11.8 Å². The van der Waals surface area contributed by atoms with E-state index >= 15 is 0 Å². The van der Waals surface area contributed by atoms with E-state index in [2.05, 4.69) is 33.1 Å². The molecule has 1 saturated heterocycles. The molecule has 5 nitrogen and oxygen atoms in total. The molecule has 0 atom stereocenters. The molecule has 0 bridgehead atoms. The van der Waals surface area contributed by atoms with Crippen molar-refractivity contribution in [3.8, 4) is 0 Å². The lowest BCUT2D eigenvalue weighted by Gasteiger charge is -2.37. The highest BCUT2D eigenvalue weighted by molar-refractivity contribution is 5.80. The second-order valence-electron chi connectivity index (χ2n) is 6.63. The maximum atomic E-state index is 13.2. The maximum Gasteiger partial charge on any atom is 0.194 e. The van der Waals surface area contributed by atoms with Crippen molar-refractivity contribution in [3.05, 3.63) is 60.0 Å². The molecule has 6 heteroatoms. The van der Waals surface area contributed by atoms with Gasteiger partial charge in [0.15, 0.2) is 5.96 Å². The third-order valence-electron chi connectivity index (χ3n) is 4.66. The molecule has 1 aromatic heterocycles. The lowest BCUT2D eigenvalue weighted by Crippen LogP contribution is -2.52. The summed E-state index contributed by atoms with van der Waals surface area (Å²) in [6, 6.07) is 12.8. The van der Waals surface area contributed by atoms with Gasteiger partial charge in [0.1, 0.15) is 11.6 Å². The summed E-state index contributed by atoms with van der Waals surface area (Å²) in [5.74, 6) is 1.83. The molecule has 0 amide bonds. The summed E-state index contributed by atoms with van der Waals surface area (Å²) >= 11 is 0. The molecular weight excluding hydrogens is 341 g/mol. The summed E-state index contributed by atoms with van der Waals surface area (Å²) in [6.07, 6.45) is 3.59. The van der Waals surface area contributed by atoms with E-state index in [-0.39, 0.29) is 5.82 Å². The van der Waals surface area contributed by atoms with Gasteiger partial charge in [-0.05, 0) is 49.6 Å². The van der Waals surface area contributed by atoms with E-state index in [9.17, 15) is 4.39 Å². The largest absolute Gasteiger partial charge is 0.357 e. The number of aromatic nitrogens is 1. The molecule has 0 spiro atoms. The predicted octanol–water partition coefficient (Wildman–Crippen LogP) is 2.94. The van der Waals surface area contributed by atoms with Crippen LogP contribution in [-0.2, 0) is 6.42 Å². The quantitative estimate of drug-likeness (QED) is 0.483. The fourth-order valence-corrected chi connectivity index (χ4v) is 3.27. The van der Waals surface area contributed by atoms with Crippen LogP contribution in [0.4, 0.5) is 10.2 Å². The number of aliphatic imine (C=N–C) groups is 1. The van der Waals surface area contributed by atoms with Crippen LogP contribution in [0.5, 0.6) is 0 Å². The Hall–Kier alpha value is -2.63. The molecule has 0 radical (unpaired) electrons. The number of rotatable bonds is 6. The number of halogens is 1. The van der Waals surface area contributed by atoms with Gasteiger partial charge in [0, 0.05) is 45.5 Å². The van der Waals surface area contributed by atoms with E-state index in [1.807, 2.05) is 24.4 Å². The molecule has 1 fully saturated rings. The average Bonchev–Trinajstić information content (AvgIpc) is 2.71. The number of hydrogen-bond donors (Lipinski definition) is 1. The minimum atomic E-state index is -0.171. The van der Waals surface area contributed by atoms with Crippen molar-refractivity contribution in [1.82, 2.24) is 15.2 Å². The Balaban J connectivity index is 1.50. The van der Waals surface area contributed by atoms with Crippen LogP contribution < -0.4 is 10.2 Å². The standard InChI is InChI=1S/C21H28FN5/c1-2-23-21(25-12-6-8-18-7-5-9-19(22)17-18)27-15-13-26(14-16-27)20-10-3-4-11-24-20/h3-5,7,9-11,17H,2,6,8,12-16H2,1H3,(H,23,25). The average molecular weight is 369 g/mol. The summed E-state index contributed by atoms with van der Waals surface area (Å²) in [6.45, 7) is 7.39. The summed E-state index contributed by atoms with van der Waals surface area (Å²) < 4.78 is 13.2. The van der Waals surface area contributed by atoms with E-state index < -0.39 is 0 Å². The summed E-state index contributed by atoms with van der Waals surface area (Å²) in [7, 11) is 0. The Bertz CT molecular complexity index is 726. The van der Waals surface area contributed by atoms with Gasteiger partial charge in [-0.15, -0.1) is 0 Å². The molecule has 27 heavy (non-hydrogen) atoms. The Morgan fingerprint density at radius 3 is 2.70 bits per heavy atom. The minimum absolute atomic E-state index is 0.171. The maximum absolute atomic E-state index is 13.2. The zero-order valence-electron chi connectivity index (χ0n) is 15.9. The topological polar surface area (TPSA) is 43.8 Å². The predicted molar refractivity (Wildman–Crippen MR) is 109 cm³/mol. The van der Waals surface area contributed by atoms with Crippen LogP contribution >= 0.6 is 0 Å². The van der Waals surface area contributed by atoms with Crippen molar-refractivity contribution in [2.24, 2.45) is 4.99 Å². The van der Waals surface area contributed by atoms with Gasteiger partial charge < -0.3 is 15.1 Å². The van der Waals surface area contributed by atoms with Gasteiger partial charge in [0.25, 0.3) is 0 Å². The van der Waals surface area contributed by atoms with E-state index in [1.54, 1.807) is 12.1 Å². The van der Waals surface area contributed by atoms with Crippen molar-refractivity contribution in [1.29, 1.82) is 0 Å². The van der Waals surface area contributed by atoms with E-state index in [4.69, 9.17) is 4.99 Å². The first-order chi connectivity index (χ1) is 13.3. The number of hydrogen-bond acceptors (Lipinski definition) is 3. The van der Waals surface area contributed by atoms with Gasteiger partial charge in [-0.25, -0.2) is 9.37 Å². The van der Waals surface area contributed by atoms with Gasteiger partial charge in [0.2, 0.25) is 0 Å². The van der Waals surface area contributed by atoms with Gasteiger partial charge in [0.05, 0.1) is 0 Å². The first-order valence-electron chi connectivity index (χ1n) is 9.70. The number of piperazine rings is 1. The van der Waals surface area contributed by atoms with Crippen molar-refractivity contribution in [3.63, 3.8) is 0 Å². The van der Waals surface area contributed by atoms with Crippen LogP contribution in [0.1, 0.15) is 18.9 Å². The molecule has 1 aliphatic rings. The van der Waals surface area contributed by atoms with Crippen LogP contribution in [0.25, 0.3) is 0 Å². The molecule has 0 saturated carbocycles. The fraction of sp³-hybridized carbons (Fsp3) is 0.429. The Morgan fingerprint density at radius 2 is 2.00 bits per heavy atom. The van der Waals surface area contributed by atoms with Crippen LogP contribution in [0.15, 0.2) is 53.7 Å². The van der Waals surface area contributed by atoms with Crippen LogP contribution in [0.3, 0.4) is 0 Å². The van der Waals surface area contributed by atoms with Gasteiger partial charge in [-0.3, -0.25) is 4.99 Å². The Morgan fingerprint density at radius 1 is 1.15 bits per heavy atom. The van der Waals surface area contributed by atoms with Crippen molar-refractivity contribution in [2.75, 3.05) is 44.2 Å². The fourth-order valence-electron chi connectivity index (χ4n) is 3.27. The van der Waals surface area contributed by atoms with E-state index in [1.165, 1.54) is 6.07 Å². The Kier molecular flexibility index (Phi) is 7.02. The molecular formula is C21H28FN5. The summed E-state index contributed by atoms with van der Waals surface area (Å²) in [5, 5.41) is 3.40. The molecule has 0 unspecified atom stereocenters. The van der Waals surface area contributed by atoms with Gasteiger partial charge in [-0.1, -0.05) is 18.2 Å². The number of nitrogens with zero attached hydrogens (tertiary/aromatic N) is 4. The summed E-state index contributed by atoms with van der Waals surface area (Å²) in [5.41, 5.74) is 1.03. The first-order valence-corrected chi connectivity index (χ1v) is 9.70. The monoisotopic (exact) mass is 369 g/mol. The highest BCUT2D eigenvalue weighted by Gasteiger charge is 2.20. The number of guanidine groups is 1. The Labute approximate surface area is 160 Å². The molecule has 144 valence electrons. The van der Waals surface area contributed by atoms with Crippen molar-refractivity contribution in [2.45, 2.75) is 19.8 Å². The third-order valence-corrected chi connectivity index (χ3v) is 4.66. The van der Waals surface area contributed by atoms with E-state index in [0.717, 1.165) is 69.5 Å². The zero-order valence-corrected chi connectivity index (χ0v) is 15.9. The number of benzene rings is 1. The number of pyridine rings is 1. The van der Waals surface area contributed by atoms with Crippen LogP contribution in [-0.4, -0.2) is 55.1 Å². The number of aryl methyl sites for hydroxylation is 1. The normalized spacial score (nSPS) is 15.1. The molecule has 1 N–H and O–H groups in total. The summed E-state index contributed by atoms with van der Waals surface area (Å²) in [4.78, 5) is 13.8. The lowest BCUT2D eigenvalue weighted by atomic mass is 10.1. The third kappa shape index (κ3) is 5.67. The van der Waals surface area contributed by atoms with Crippen LogP contribution in [0, 0.1) is 5.82 Å². The smallest absolute Gasteiger partial charge is 0.194 e. The van der Waals surface area contributed by atoms with Crippen molar-refractivity contribution < 1.29 is 4.39 Å². The molecule has 3 rings (SSSR count). The zero-order chi connectivity index (χ0) is 18.9. The van der Waals surface area contributed by atoms with Crippen LogP contribution in [0.2, 0.25) is 0 Å². The molecule has 2 heterocycles. The molecule has 0 aliphatic carbocycles. The number of anilines is 1. The number of nitrogens with one attached hydrogen (secondary N) is 1. The van der Waals surface area contributed by atoms with E-state index in [0.29, 0.717) is 0 Å².